The van der Waals surface area contributed by atoms with Gasteiger partial charge in [0.15, 0.2) is 0 Å². The molecule has 0 spiro atoms. The van der Waals surface area contributed by atoms with Crippen molar-refractivity contribution in [3.05, 3.63) is 24.0 Å². The molecule has 0 aliphatic heterocycles. The van der Waals surface area contributed by atoms with Gasteiger partial charge in [0.1, 0.15) is 0 Å². The predicted octanol–water partition coefficient (Wildman–Crippen LogP) is 2.08. The van der Waals surface area contributed by atoms with Crippen molar-refractivity contribution < 1.29 is 0 Å². The van der Waals surface area contributed by atoms with E-state index in [9.17, 15) is 0 Å². The van der Waals surface area contributed by atoms with Gasteiger partial charge in [-0.25, -0.2) is 0 Å². The van der Waals surface area contributed by atoms with Crippen LogP contribution in [0.2, 0.25) is 0 Å². The van der Waals surface area contributed by atoms with Crippen molar-refractivity contribution in [2.45, 2.75) is 38.1 Å². The number of nitrogen functional groups attached to an aromatic ring is 1. The molecule has 2 saturated carbocycles. The zero-order valence-electron chi connectivity index (χ0n) is 10.3. The third kappa shape index (κ3) is 3.19. The molecule has 2 aliphatic rings. The number of anilines is 1. The Balaban J connectivity index is 1.51. The molecule has 0 amide bonds. The Hall–Kier alpha value is -1.09. The van der Waals surface area contributed by atoms with Crippen LogP contribution in [-0.2, 0) is 6.42 Å². The second-order valence-electron chi connectivity index (χ2n) is 5.50. The van der Waals surface area contributed by atoms with E-state index in [0.717, 1.165) is 30.6 Å². The van der Waals surface area contributed by atoms with Gasteiger partial charge >= 0.3 is 0 Å². The highest BCUT2D eigenvalue weighted by molar-refractivity contribution is 5.34. The van der Waals surface area contributed by atoms with Gasteiger partial charge in [-0.1, -0.05) is 0 Å². The van der Waals surface area contributed by atoms with Gasteiger partial charge in [0, 0.05) is 31.2 Å². The lowest BCUT2D eigenvalue weighted by molar-refractivity contribution is 0.255. The van der Waals surface area contributed by atoms with Crippen LogP contribution in [0.25, 0.3) is 0 Å². The van der Waals surface area contributed by atoms with Gasteiger partial charge in [0.25, 0.3) is 0 Å². The van der Waals surface area contributed by atoms with E-state index in [0.29, 0.717) is 0 Å². The van der Waals surface area contributed by atoms with Crippen molar-refractivity contribution in [3.8, 4) is 0 Å². The SMILES string of the molecule is Nc1ccc(CCN(CC2CC2)C2CC2)nc1. The van der Waals surface area contributed by atoms with Gasteiger partial charge in [-0.05, 0) is 43.7 Å². The molecule has 2 fully saturated rings. The molecule has 92 valence electrons. The van der Waals surface area contributed by atoms with E-state index in [-0.39, 0.29) is 0 Å². The lowest BCUT2D eigenvalue weighted by Crippen LogP contribution is -2.30. The molecule has 1 aromatic heterocycles. The van der Waals surface area contributed by atoms with Gasteiger partial charge in [-0.2, -0.15) is 0 Å². The molecule has 0 atom stereocenters. The van der Waals surface area contributed by atoms with Crippen molar-refractivity contribution in [2.75, 3.05) is 18.8 Å². The highest BCUT2D eigenvalue weighted by atomic mass is 15.2. The Morgan fingerprint density at radius 1 is 1.24 bits per heavy atom. The fraction of sp³-hybridized carbons (Fsp3) is 0.643. The molecule has 0 aromatic carbocycles. The van der Waals surface area contributed by atoms with E-state index in [1.165, 1.54) is 37.9 Å². The summed E-state index contributed by atoms with van der Waals surface area (Å²) in [5.74, 6) is 0.995. The van der Waals surface area contributed by atoms with Crippen LogP contribution in [0.1, 0.15) is 31.4 Å². The summed E-state index contributed by atoms with van der Waals surface area (Å²) >= 11 is 0. The Kier molecular flexibility index (Phi) is 3.02. The minimum absolute atomic E-state index is 0.755. The molecule has 0 bridgehead atoms. The maximum absolute atomic E-state index is 5.64. The minimum Gasteiger partial charge on any atom is -0.397 e. The minimum atomic E-state index is 0.755. The van der Waals surface area contributed by atoms with E-state index in [4.69, 9.17) is 5.73 Å². The highest BCUT2D eigenvalue weighted by Crippen LogP contribution is 2.34. The summed E-state index contributed by atoms with van der Waals surface area (Å²) in [5, 5.41) is 0. The van der Waals surface area contributed by atoms with E-state index in [1.54, 1.807) is 6.20 Å². The molecular weight excluding hydrogens is 210 g/mol. The van der Waals surface area contributed by atoms with E-state index in [1.807, 2.05) is 6.07 Å². The molecule has 1 heterocycles. The molecule has 3 heteroatoms. The summed E-state index contributed by atoms with van der Waals surface area (Å²) in [6.45, 7) is 2.48. The average Bonchev–Trinajstić information content (AvgIpc) is 3.18. The first kappa shape index (κ1) is 11.0. The number of aromatic nitrogens is 1. The predicted molar refractivity (Wildman–Crippen MR) is 69.7 cm³/mol. The number of nitrogens with two attached hydrogens (primary N) is 1. The van der Waals surface area contributed by atoms with Crippen LogP contribution >= 0.6 is 0 Å². The third-order valence-electron chi connectivity index (χ3n) is 3.76. The van der Waals surface area contributed by atoms with E-state index < -0.39 is 0 Å². The smallest absolute Gasteiger partial charge is 0.0501 e. The maximum Gasteiger partial charge on any atom is 0.0501 e. The van der Waals surface area contributed by atoms with Crippen molar-refractivity contribution >= 4 is 5.69 Å². The molecule has 0 saturated heterocycles. The van der Waals surface area contributed by atoms with Gasteiger partial charge in [-0.3, -0.25) is 9.88 Å². The number of nitrogens with zero attached hydrogens (tertiary/aromatic N) is 2. The van der Waals surface area contributed by atoms with E-state index >= 15 is 0 Å². The Labute approximate surface area is 103 Å². The van der Waals surface area contributed by atoms with Gasteiger partial charge in [0.2, 0.25) is 0 Å². The lowest BCUT2D eigenvalue weighted by Gasteiger charge is -2.21. The number of hydrogen-bond donors (Lipinski definition) is 1. The highest BCUT2D eigenvalue weighted by Gasteiger charge is 2.33. The molecule has 0 radical (unpaired) electrons. The third-order valence-corrected chi connectivity index (χ3v) is 3.76. The summed E-state index contributed by atoms with van der Waals surface area (Å²) < 4.78 is 0. The second kappa shape index (κ2) is 4.65. The Morgan fingerprint density at radius 2 is 2.06 bits per heavy atom. The topological polar surface area (TPSA) is 42.1 Å². The van der Waals surface area contributed by atoms with Crippen molar-refractivity contribution in [2.24, 2.45) is 5.92 Å². The first-order valence-corrected chi connectivity index (χ1v) is 6.76. The first-order valence-electron chi connectivity index (χ1n) is 6.76. The molecule has 3 rings (SSSR count). The van der Waals surface area contributed by atoms with Crippen molar-refractivity contribution in [1.82, 2.24) is 9.88 Å². The van der Waals surface area contributed by atoms with Gasteiger partial charge in [0.05, 0.1) is 11.9 Å². The lowest BCUT2D eigenvalue weighted by atomic mass is 10.2. The molecule has 2 aliphatic carbocycles. The molecule has 17 heavy (non-hydrogen) atoms. The molecule has 1 aromatic rings. The summed E-state index contributed by atoms with van der Waals surface area (Å²) in [6, 6.07) is 4.88. The van der Waals surface area contributed by atoms with Crippen LogP contribution in [0.3, 0.4) is 0 Å². The maximum atomic E-state index is 5.64. The van der Waals surface area contributed by atoms with Crippen molar-refractivity contribution in [1.29, 1.82) is 0 Å². The van der Waals surface area contributed by atoms with Gasteiger partial charge in [-0.15, -0.1) is 0 Å². The second-order valence-corrected chi connectivity index (χ2v) is 5.50. The normalized spacial score (nSPS) is 19.8. The summed E-state index contributed by atoms with van der Waals surface area (Å²) in [6.07, 6.45) is 8.53. The quantitative estimate of drug-likeness (QED) is 0.815. The summed E-state index contributed by atoms with van der Waals surface area (Å²) in [5.41, 5.74) is 7.56. The number of rotatable bonds is 6. The largest absolute Gasteiger partial charge is 0.397 e. The van der Waals surface area contributed by atoms with E-state index in [2.05, 4.69) is 16.0 Å². The summed E-state index contributed by atoms with van der Waals surface area (Å²) in [4.78, 5) is 7.05. The fourth-order valence-electron chi connectivity index (χ4n) is 2.34. The molecule has 2 N–H and O–H groups in total. The fourth-order valence-corrected chi connectivity index (χ4v) is 2.34. The molecular formula is C14H21N3. The number of hydrogen-bond acceptors (Lipinski definition) is 3. The molecule has 0 unspecified atom stereocenters. The van der Waals surface area contributed by atoms with Gasteiger partial charge < -0.3 is 5.73 Å². The Morgan fingerprint density at radius 3 is 2.65 bits per heavy atom. The first-order chi connectivity index (χ1) is 8.31. The number of pyridine rings is 1. The average molecular weight is 231 g/mol. The standard InChI is InChI=1S/C14H21N3/c15-12-3-4-13(16-9-12)7-8-17(14-5-6-14)10-11-1-2-11/h3-4,9,11,14H,1-2,5-8,10,15H2. The van der Waals surface area contributed by atoms with Crippen LogP contribution in [-0.4, -0.2) is 29.0 Å². The van der Waals surface area contributed by atoms with Crippen LogP contribution in [0.5, 0.6) is 0 Å². The van der Waals surface area contributed by atoms with Crippen LogP contribution in [0, 0.1) is 5.92 Å². The van der Waals surface area contributed by atoms with Crippen LogP contribution < -0.4 is 5.73 Å². The van der Waals surface area contributed by atoms with Crippen LogP contribution in [0.15, 0.2) is 18.3 Å². The summed E-state index contributed by atoms with van der Waals surface area (Å²) in [7, 11) is 0. The zero-order valence-corrected chi connectivity index (χ0v) is 10.3. The Bertz CT molecular complexity index is 366. The van der Waals surface area contributed by atoms with Crippen molar-refractivity contribution in [3.63, 3.8) is 0 Å². The zero-order chi connectivity index (χ0) is 11.7. The monoisotopic (exact) mass is 231 g/mol. The molecule has 3 nitrogen and oxygen atoms in total. The van der Waals surface area contributed by atoms with Crippen LogP contribution in [0.4, 0.5) is 5.69 Å².